The zero-order valence-electron chi connectivity index (χ0n) is 11.5. The second-order valence-corrected chi connectivity index (χ2v) is 5.11. The van der Waals surface area contributed by atoms with Crippen LogP contribution in [0.5, 0.6) is 0 Å². The maximum atomic E-state index is 11.6. The van der Waals surface area contributed by atoms with Crippen LogP contribution in [-0.2, 0) is 11.3 Å². The lowest BCUT2D eigenvalue weighted by molar-refractivity contribution is 0.0451. The summed E-state index contributed by atoms with van der Waals surface area (Å²) in [6.07, 6.45) is 3.75. The Kier molecular flexibility index (Phi) is 4.61. The van der Waals surface area contributed by atoms with Crippen molar-refractivity contribution in [3.8, 4) is 0 Å². The van der Waals surface area contributed by atoms with Crippen LogP contribution in [-0.4, -0.2) is 42.3 Å². The normalized spacial score (nSPS) is 24.4. The molecule has 106 valence electrons. The third kappa shape index (κ3) is 2.98. The number of furan rings is 1. The Morgan fingerprint density at radius 3 is 3.11 bits per heavy atom. The highest BCUT2D eigenvalue weighted by molar-refractivity contribution is 5.87. The molecule has 0 saturated carbocycles. The van der Waals surface area contributed by atoms with E-state index in [1.54, 1.807) is 6.07 Å². The summed E-state index contributed by atoms with van der Waals surface area (Å²) in [5.74, 6) is 0.273. The molecule has 5 heteroatoms. The number of piperidine rings is 1. The number of rotatable bonds is 4. The molecule has 1 aliphatic rings. The van der Waals surface area contributed by atoms with Crippen molar-refractivity contribution < 1.29 is 19.1 Å². The molecule has 1 aromatic rings. The molecule has 0 amide bonds. The largest absolute Gasteiger partial charge is 0.463 e. The quantitative estimate of drug-likeness (QED) is 0.841. The zero-order chi connectivity index (χ0) is 13.8. The number of likely N-dealkylation sites (tertiary alicyclic amines) is 1. The first-order valence-corrected chi connectivity index (χ1v) is 6.67. The summed E-state index contributed by atoms with van der Waals surface area (Å²) in [5.41, 5.74) is 0.819. The van der Waals surface area contributed by atoms with Gasteiger partial charge in [-0.05, 0) is 31.4 Å². The number of hydrogen-bond acceptors (Lipinski definition) is 5. The molecule has 2 heterocycles. The first-order valence-electron chi connectivity index (χ1n) is 6.67. The van der Waals surface area contributed by atoms with E-state index in [4.69, 9.17) is 9.15 Å². The molecule has 0 aliphatic carbocycles. The highest BCUT2D eigenvalue weighted by atomic mass is 16.5. The molecular formula is C14H21NO4. The Morgan fingerprint density at radius 1 is 1.63 bits per heavy atom. The van der Waals surface area contributed by atoms with Crippen molar-refractivity contribution in [1.29, 1.82) is 0 Å². The van der Waals surface area contributed by atoms with Crippen LogP contribution in [0.2, 0.25) is 0 Å². The fourth-order valence-corrected chi connectivity index (χ4v) is 2.78. The van der Waals surface area contributed by atoms with Crippen molar-refractivity contribution in [1.82, 2.24) is 4.90 Å². The number of esters is 1. The highest BCUT2D eigenvalue weighted by Gasteiger charge is 2.29. The lowest BCUT2D eigenvalue weighted by Crippen LogP contribution is -2.46. The Balaban J connectivity index is 2.11. The molecule has 5 nitrogen and oxygen atoms in total. The highest BCUT2D eigenvalue weighted by Crippen LogP contribution is 2.25. The van der Waals surface area contributed by atoms with E-state index < -0.39 is 5.97 Å². The Hall–Kier alpha value is -1.33. The molecular weight excluding hydrogens is 246 g/mol. The van der Waals surface area contributed by atoms with Crippen LogP contribution < -0.4 is 0 Å². The number of aliphatic hydroxyl groups excluding tert-OH is 1. The molecule has 0 aromatic carbocycles. The molecule has 0 spiro atoms. The summed E-state index contributed by atoms with van der Waals surface area (Å²) < 4.78 is 9.89. The minimum absolute atomic E-state index is 0.145. The number of hydrogen-bond donors (Lipinski definition) is 1. The Labute approximate surface area is 113 Å². The third-order valence-electron chi connectivity index (χ3n) is 3.91. The topological polar surface area (TPSA) is 62.9 Å². The number of carbonyl (C=O) groups excluding carboxylic acids is 1. The van der Waals surface area contributed by atoms with Crippen LogP contribution >= 0.6 is 0 Å². The van der Waals surface area contributed by atoms with Crippen molar-refractivity contribution >= 4 is 5.97 Å². The molecule has 2 atom stereocenters. The summed E-state index contributed by atoms with van der Waals surface area (Å²) in [4.78, 5) is 13.8. The summed E-state index contributed by atoms with van der Waals surface area (Å²) in [6.45, 7) is 3.84. The van der Waals surface area contributed by atoms with Crippen LogP contribution in [0.4, 0.5) is 0 Å². The fraction of sp³-hybridized carbons (Fsp3) is 0.643. The maximum Gasteiger partial charge on any atom is 0.374 e. The van der Waals surface area contributed by atoms with E-state index in [9.17, 15) is 9.90 Å². The van der Waals surface area contributed by atoms with Crippen LogP contribution in [0.25, 0.3) is 0 Å². The minimum Gasteiger partial charge on any atom is -0.463 e. The van der Waals surface area contributed by atoms with E-state index >= 15 is 0 Å². The Bertz CT molecular complexity index is 429. The third-order valence-corrected chi connectivity index (χ3v) is 3.91. The monoisotopic (exact) mass is 267 g/mol. The summed E-state index contributed by atoms with van der Waals surface area (Å²) in [6, 6.07) is 1.94. The molecule has 1 saturated heterocycles. The van der Waals surface area contributed by atoms with E-state index in [0.29, 0.717) is 12.5 Å². The second kappa shape index (κ2) is 6.21. The minimum atomic E-state index is -0.453. The molecule has 1 aliphatic heterocycles. The first-order chi connectivity index (χ1) is 9.17. The Morgan fingerprint density at radius 2 is 2.42 bits per heavy atom. The van der Waals surface area contributed by atoms with Gasteiger partial charge in [-0.15, -0.1) is 0 Å². The molecule has 0 bridgehead atoms. The summed E-state index contributed by atoms with van der Waals surface area (Å²) in [7, 11) is 1.34. The molecule has 1 fully saturated rings. The predicted octanol–water partition coefficient (Wildman–Crippen LogP) is 1.66. The number of ether oxygens (including phenoxy) is 1. The molecule has 2 rings (SSSR count). The van der Waals surface area contributed by atoms with Crippen LogP contribution in [0, 0.1) is 5.92 Å². The van der Waals surface area contributed by atoms with Gasteiger partial charge >= 0.3 is 5.97 Å². The van der Waals surface area contributed by atoms with Crippen molar-refractivity contribution in [2.45, 2.75) is 32.4 Å². The van der Waals surface area contributed by atoms with Gasteiger partial charge in [0, 0.05) is 18.2 Å². The van der Waals surface area contributed by atoms with Crippen molar-refractivity contribution in [2.75, 3.05) is 20.3 Å². The van der Waals surface area contributed by atoms with Gasteiger partial charge in [-0.25, -0.2) is 4.79 Å². The van der Waals surface area contributed by atoms with E-state index in [0.717, 1.165) is 24.9 Å². The number of nitrogens with zero attached hydrogens (tertiary/aromatic N) is 1. The standard InChI is InChI=1S/C14H21NO4/c1-10-4-3-6-15(12(10)9-16)8-11-5-7-19-13(11)14(17)18-2/h5,7,10,12,16H,3-4,6,8-9H2,1-2H3. The number of carbonyl (C=O) groups is 1. The van der Waals surface area contributed by atoms with E-state index in [1.807, 2.05) is 0 Å². The van der Waals surface area contributed by atoms with E-state index in [-0.39, 0.29) is 18.4 Å². The van der Waals surface area contributed by atoms with Crippen LogP contribution in [0.1, 0.15) is 35.9 Å². The summed E-state index contributed by atoms with van der Waals surface area (Å²) >= 11 is 0. The van der Waals surface area contributed by atoms with Gasteiger partial charge in [0.05, 0.1) is 20.0 Å². The van der Waals surface area contributed by atoms with Crippen molar-refractivity contribution in [2.24, 2.45) is 5.92 Å². The van der Waals surface area contributed by atoms with E-state index in [1.165, 1.54) is 13.4 Å². The van der Waals surface area contributed by atoms with Gasteiger partial charge in [-0.3, -0.25) is 4.90 Å². The smallest absolute Gasteiger partial charge is 0.374 e. The van der Waals surface area contributed by atoms with Crippen LogP contribution in [0.3, 0.4) is 0 Å². The van der Waals surface area contributed by atoms with Gasteiger partial charge in [0.15, 0.2) is 0 Å². The molecule has 19 heavy (non-hydrogen) atoms. The van der Waals surface area contributed by atoms with Gasteiger partial charge in [-0.2, -0.15) is 0 Å². The zero-order valence-corrected chi connectivity index (χ0v) is 11.5. The number of aliphatic hydroxyl groups is 1. The number of methoxy groups -OCH3 is 1. The first kappa shape index (κ1) is 14.1. The van der Waals surface area contributed by atoms with Gasteiger partial charge in [0.1, 0.15) is 0 Å². The average Bonchev–Trinajstić information content (AvgIpc) is 2.86. The average molecular weight is 267 g/mol. The summed E-state index contributed by atoms with van der Waals surface area (Å²) in [5, 5.41) is 9.53. The molecule has 1 aromatic heterocycles. The molecule has 0 radical (unpaired) electrons. The molecule has 2 unspecified atom stereocenters. The lowest BCUT2D eigenvalue weighted by Gasteiger charge is -2.38. The van der Waals surface area contributed by atoms with Crippen molar-refractivity contribution in [3.63, 3.8) is 0 Å². The molecule has 1 N–H and O–H groups in total. The van der Waals surface area contributed by atoms with Gasteiger partial charge in [-0.1, -0.05) is 6.92 Å². The lowest BCUT2D eigenvalue weighted by atomic mass is 9.91. The van der Waals surface area contributed by atoms with E-state index in [2.05, 4.69) is 11.8 Å². The van der Waals surface area contributed by atoms with Gasteiger partial charge < -0.3 is 14.3 Å². The second-order valence-electron chi connectivity index (χ2n) is 5.11. The predicted molar refractivity (Wildman–Crippen MR) is 69.7 cm³/mol. The SMILES string of the molecule is COC(=O)c1occc1CN1CCCC(C)C1CO. The maximum absolute atomic E-state index is 11.6. The van der Waals surface area contributed by atoms with Crippen LogP contribution in [0.15, 0.2) is 16.7 Å². The fourth-order valence-electron chi connectivity index (χ4n) is 2.78. The van der Waals surface area contributed by atoms with Gasteiger partial charge in [0.25, 0.3) is 0 Å². The van der Waals surface area contributed by atoms with Gasteiger partial charge in [0.2, 0.25) is 5.76 Å². The van der Waals surface area contributed by atoms with Crippen molar-refractivity contribution in [3.05, 3.63) is 23.7 Å².